The molecule has 4 rings (SSSR count). The third-order valence-electron chi connectivity index (χ3n) is 4.41. The Morgan fingerprint density at radius 3 is 3.08 bits per heavy atom. The van der Waals surface area contributed by atoms with Gasteiger partial charge in [0.15, 0.2) is 0 Å². The lowest BCUT2D eigenvalue weighted by Crippen LogP contribution is -2.37. The van der Waals surface area contributed by atoms with Crippen LogP contribution in [0.15, 0.2) is 24.5 Å². The zero-order chi connectivity index (χ0) is 18.1. The van der Waals surface area contributed by atoms with Crippen LogP contribution in [0.5, 0.6) is 5.75 Å². The first-order valence-corrected chi connectivity index (χ1v) is 9.65. The predicted octanol–water partition coefficient (Wildman–Crippen LogP) is 4.67. The second kappa shape index (κ2) is 7.34. The lowest BCUT2D eigenvalue weighted by molar-refractivity contribution is 0.167. The number of hydrogen-bond acceptors (Lipinski definition) is 6. The quantitative estimate of drug-likeness (QED) is 0.675. The molecule has 1 unspecified atom stereocenters. The van der Waals surface area contributed by atoms with Gasteiger partial charge in [-0.3, -0.25) is 0 Å². The minimum atomic E-state index is -0.336. The summed E-state index contributed by atoms with van der Waals surface area (Å²) in [5.74, 6) is 0.773. The van der Waals surface area contributed by atoms with E-state index < -0.39 is 0 Å². The van der Waals surface area contributed by atoms with E-state index in [1.54, 1.807) is 6.07 Å². The van der Waals surface area contributed by atoms with E-state index in [2.05, 4.69) is 20.6 Å². The summed E-state index contributed by atoms with van der Waals surface area (Å²) >= 11 is 7.66. The van der Waals surface area contributed by atoms with Crippen molar-refractivity contribution < 1.29 is 9.13 Å². The zero-order valence-corrected chi connectivity index (χ0v) is 15.8. The molecule has 1 fully saturated rings. The highest BCUT2D eigenvalue weighted by Gasteiger charge is 2.18. The van der Waals surface area contributed by atoms with E-state index in [9.17, 15) is 4.39 Å². The third-order valence-corrected chi connectivity index (χ3v) is 5.91. The van der Waals surface area contributed by atoms with Crippen molar-refractivity contribution in [1.29, 1.82) is 0 Å². The van der Waals surface area contributed by atoms with Crippen LogP contribution >= 0.6 is 22.9 Å². The Morgan fingerprint density at radius 1 is 1.38 bits per heavy atom. The first kappa shape index (κ1) is 17.5. The highest BCUT2D eigenvalue weighted by molar-refractivity contribution is 7.22. The molecule has 0 amide bonds. The number of thiophene rings is 1. The van der Waals surface area contributed by atoms with Gasteiger partial charge in [-0.1, -0.05) is 11.6 Å². The molecule has 8 heteroatoms. The normalized spacial score (nSPS) is 17.4. The summed E-state index contributed by atoms with van der Waals surface area (Å²) in [4.78, 5) is 9.44. The summed E-state index contributed by atoms with van der Waals surface area (Å²) in [6, 6.07) is 4.47. The predicted molar refractivity (Wildman–Crippen MR) is 103 cm³/mol. The largest absolute Gasteiger partial charge is 0.487 e. The minimum Gasteiger partial charge on any atom is -0.487 e. The second-order valence-electron chi connectivity index (χ2n) is 6.25. The Kier molecular flexibility index (Phi) is 4.93. The Hall–Kier alpha value is -1.96. The maximum Gasteiger partial charge on any atom is 0.146 e. The molecule has 1 aliphatic heterocycles. The van der Waals surface area contributed by atoms with Crippen LogP contribution in [-0.4, -0.2) is 29.2 Å². The van der Waals surface area contributed by atoms with E-state index in [1.807, 2.05) is 6.92 Å². The molecule has 5 nitrogen and oxygen atoms in total. The number of fused-ring (bicyclic) bond motifs is 1. The molecule has 0 saturated carbocycles. The van der Waals surface area contributed by atoms with Crippen LogP contribution < -0.4 is 15.4 Å². The fourth-order valence-electron chi connectivity index (χ4n) is 3.06. The third kappa shape index (κ3) is 3.47. The van der Waals surface area contributed by atoms with Gasteiger partial charge in [0.25, 0.3) is 0 Å². The first-order valence-electron chi connectivity index (χ1n) is 8.45. The van der Waals surface area contributed by atoms with Gasteiger partial charge < -0.3 is 15.4 Å². The minimum absolute atomic E-state index is 0.0221. The smallest absolute Gasteiger partial charge is 0.146 e. The molecule has 0 aliphatic carbocycles. The van der Waals surface area contributed by atoms with Crippen molar-refractivity contribution in [2.75, 3.05) is 18.4 Å². The molecule has 1 aromatic carbocycles. The molecule has 1 atom stereocenters. The molecule has 26 heavy (non-hydrogen) atoms. The molecule has 1 aliphatic rings. The van der Waals surface area contributed by atoms with Crippen molar-refractivity contribution in [3.63, 3.8) is 0 Å². The maximum atomic E-state index is 13.8. The number of anilines is 2. The number of nitrogens with zero attached hydrogens (tertiary/aromatic N) is 2. The van der Waals surface area contributed by atoms with Crippen molar-refractivity contribution in [3.05, 3.63) is 40.2 Å². The van der Waals surface area contributed by atoms with Crippen molar-refractivity contribution in [3.8, 4) is 5.75 Å². The monoisotopic (exact) mass is 392 g/mol. The molecule has 2 N–H and O–H groups in total. The Balaban J connectivity index is 1.68. The summed E-state index contributed by atoms with van der Waals surface area (Å²) in [6.45, 7) is 3.68. The van der Waals surface area contributed by atoms with Gasteiger partial charge in [-0.15, -0.1) is 11.3 Å². The van der Waals surface area contributed by atoms with E-state index in [0.717, 1.165) is 41.7 Å². The van der Waals surface area contributed by atoms with Gasteiger partial charge in [0.1, 0.15) is 34.6 Å². The molecule has 3 heterocycles. The molecule has 136 valence electrons. The van der Waals surface area contributed by atoms with Crippen LogP contribution in [0.3, 0.4) is 0 Å². The van der Waals surface area contributed by atoms with E-state index >= 15 is 0 Å². The molecule has 0 radical (unpaired) electrons. The van der Waals surface area contributed by atoms with Gasteiger partial charge in [0.2, 0.25) is 0 Å². The van der Waals surface area contributed by atoms with Gasteiger partial charge in [-0.25, -0.2) is 14.4 Å². The first-order chi connectivity index (χ1) is 12.6. The number of halogens is 2. The SMILES string of the molecule is Cc1c(Cl)sc2ncnc(Nc3ccc(F)cc3OC3CCCNC3)c12. The fraction of sp³-hybridized carbons (Fsp3) is 0.333. The van der Waals surface area contributed by atoms with E-state index in [-0.39, 0.29) is 11.9 Å². The topological polar surface area (TPSA) is 59.1 Å². The van der Waals surface area contributed by atoms with E-state index in [0.29, 0.717) is 21.6 Å². The average Bonchev–Trinajstić information content (AvgIpc) is 2.93. The molecule has 1 saturated heterocycles. The van der Waals surface area contributed by atoms with E-state index in [1.165, 1.54) is 29.8 Å². The van der Waals surface area contributed by atoms with Gasteiger partial charge in [0.05, 0.1) is 15.4 Å². The number of aryl methyl sites for hydroxylation is 1. The van der Waals surface area contributed by atoms with Gasteiger partial charge in [-0.2, -0.15) is 0 Å². The number of ether oxygens (including phenoxy) is 1. The number of benzene rings is 1. The zero-order valence-electron chi connectivity index (χ0n) is 14.2. The molecule has 2 aromatic heterocycles. The maximum absolute atomic E-state index is 13.8. The highest BCUT2D eigenvalue weighted by Crippen LogP contribution is 2.38. The van der Waals surface area contributed by atoms with Crippen LogP contribution in [0, 0.1) is 12.7 Å². The van der Waals surface area contributed by atoms with Crippen molar-refractivity contribution in [2.24, 2.45) is 0 Å². The van der Waals surface area contributed by atoms with Gasteiger partial charge in [-0.05, 0) is 44.0 Å². The lowest BCUT2D eigenvalue weighted by Gasteiger charge is -2.25. The Bertz CT molecular complexity index is 942. The summed E-state index contributed by atoms with van der Waals surface area (Å²) in [6.07, 6.45) is 3.50. The highest BCUT2D eigenvalue weighted by atomic mass is 35.5. The number of aromatic nitrogens is 2. The Labute approximate surface area is 159 Å². The number of hydrogen-bond donors (Lipinski definition) is 2. The lowest BCUT2D eigenvalue weighted by atomic mass is 10.1. The summed E-state index contributed by atoms with van der Waals surface area (Å²) in [5.41, 5.74) is 1.59. The van der Waals surface area contributed by atoms with Crippen molar-refractivity contribution >= 4 is 44.7 Å². The van der Waals surface area contributed by atoms with Crippen LogP contribution in [0.2, 0.25) is 4.34 Å². The van der Waals surface area contributed by atoms with Gasteiger partial charge >= 0.3 is 0 Å². The fourth-order valence-corrected chi connectivity index (χ4v) is 4.25. The van der Waals surface area contributed by atoms with E-state index in [4.69, 9.17) is 16.3 Å². The molecule has 0 bridgehead atoms. The van der Waals surface area contributed by atoms with Crippen molar-refractivity contribution in [2.45, 2.75) is 25.9 Å². The van der Waals surface area contributed by atoms with Gasteiger partial charge in [0, 0.05) is 12.6 Å². The standard InChI is InChI=1S/C18H18ClFN4OS/c1-10-15-17(22-9-23-18(15)26-16(10)19)24-13-5-4-11(20)7-14(13)25-12-3-2-6-21-8-12/h4-5,7,9,12,21H,2-3,6,8H2,1H3,(H,22,23,24). The molecular formula is C18H18ClFN4OS. The van der Waals surface area contributed by atoms with Crippen LogP contribution in [0.25, 0.3) is 10.2 Å². The van der Waals surface area contributed by atoms with Crippen LogP contribution in [0.4, 0.5) is 15.9 Å². The summed E-state index contributed by atoms with van der Waals surface area (Å²) in [7, 11) is 0. The van der Waals surface area contributed by atoms with Crippen molar-refractivity contribution in [1.82, 2.24) is 15.3 Å². The Morgan fingerprint density at radius 2 is 2.27 bits per heavy atom. The average molecular weight is 393 g/mol. The van der Waals surface area contributed by atoms with Crippen LogP contribution in [0.1, 0.15) is 18.4 Å². The number of nitrogens with one attached hydrogen (secondary N) is 2. The molecular weight excluding hydrogens is 375 g/mol. The number of rotatable bonds is 4. The molecule has 0 spiro atoms. The second-order valence-corrected chi connectivity index (χ2v) is 7.86. The summed E-state index contributed by atoms with van der Waals surface area (Å²) < 4.78 is 20.5. The molecule has 3 aromatic rings. The summed E-state index contributed by atoms with van der Waals surface area (Å²) in [5, 5.41) is 7.44. The van der Waals surface area contributed by atoms with Crippen LogP contribution in [-0.2, 0) is 0 Å². The number of piperidine rings is 1.